The fourth-order valence-corrected chi connectivity index (χ4v) is 3.99. The van der Waals surface area contributed by atoms with Gasteiger partial charge in [-0.25, -0.2) is 4.39 Å². The molecule has 1 aromatic heterocycles. The number of alkyl halides is 1. The van der Waals surface area contributed by atoms with Crippen LogP contribution >= 0.6 is 15.9 Å². The summed E-state index contributed by atoms with van der Waals surface area (Å²) in [5, 5.41) is 6.27. The molecular formula is C15H19BrFN3O. The van der Waals surface area contributed by atoms with Crippen molar-refractivity contribution in [3.8, 4) is 0 Å². The summed E-state index contributed by atoms with van der Waals surface area (Å²) < 4.78 is 19.8. The first-order valence-corrected chi connectivity index (χ1v) is 8.18. The zero-order valence-corrected chi connectivity index (χ0v) is 13.5. The van der Waals surface area contributed by atoms with Crippen molar-refractivity contribution < 1.29 is 9.13 Å². The average Bonchev–Trinajstić information content (AvgIpc) is 2.88. The molecule has 4 unspecified atom stereocenters. The summed E-state index contributed by atoms with van der Waals surface area (Å²) in [5.74, 6) is 0.365. The van der Waals surface area contributed by atoms with Gasteiger partial charge in [0, 0.05) is 44.4 Å². The maximum Gasteiger partial charge on any atom is 0.145 e. The van der Waals surface area contributed by atoms with Gasteiger partial charge in [0.1, 0.15) is 10.8 Å². The van der Waals surface area contributed by atoms with Gasteiger partial charge < -0.3 is 4.74 Å². The van der Waals surface area contributed by atoms with Crippen LogP contribution in [0.15, 0.2) is 23.4 Å². The monoisotopic (exact) mass is 355 g/mol. The number of halogens is 2. The van der Waals surface area contributed by atoms with Gasteiger partial charge in [-0.1, -0.05) is 15.9 Å². The summed E-state index contributed by atoms with van der Waals surface area (Å²) in [7, 11) is 1.94. The molecule has 3 heterocycles. The predicted molar refractivity (Wildman–Crippen MR) is 82.9 cm³/mol. The third kappa shape index (κ3) is 3.26. The Bertz CT molecular complexity index is 527. The summed E-state index contributed by atoms with van der Waals surface area (Å²) in [6.07, 6.45) is 5.41. The van der Waals surface area contributed by atoms with Crippen molar-refractivity contribution >= 4 is 22.1 Å². The second-order valence-corrected chi connectivity index (χ2v) is 6.75. The lowest BCUT2D eigenvalue weighted by Crippen LogP contribution is -2.33. The molecule has 0 N–H and O–H groups in total. The Morgan fingerprint density at radius 2 is 2.38 bits per heavy atom. The molecule has 3 rings (SSSR count). The van der Waals surface area contributed by atoms with Crippen LogP contribution < -0.4 is 0 Å². The minimum Gasteiger partial charge on any atom is -0.367 e. The standard InChI is InChI=1S/C15H19BrFN3O/c1-20-9-11(8-19-20)14(10-4-6-21-13(16)7-10)15-12(17)3-2-5-18-15/h2-3,5,8,10-11,13-14H,4,6-7,9H2,1H3. The minimum atomic E-state index is -0.219. The summed E-state index contributed by atoms with van der Waals surface area (Å²) in [4.78, 5) is 4.34. The average molecular weight is 356 g/mol. The van der Waals surface area contributed by atoms with Crippen molar-refractivity contribution in [2.24, 2.45) is 16.9 Å². The Kier molecular flexibility index (Phi) is 4.54. The fraction of sp³-hybridized carbons (Fsp3) is 0.600. The van der Waals surface area contributed by atoms with Crippen molar-refractivity contribution in [1.29, 1.82) is 0 Å². The number of aromatic nitrogens is 1. The Morgan fingerprint density at radius 3 is 3.05 bits per heavy atom. The van der Waals surface area contributed by atoms with Gasteiger partial charge in [-0.3, -0.25) is 9.99 Å². The van der Waals surface area contributed by atoms with Gasteiger partial charge in [-0.2, -0.15) is 5.10 Å². The van der Waals surface area contributed by atoms with Crippen LogP contribution in [0.1, 0.15) is 24.5 Å². The molecule has 0 aromatic carbocycles. The maximum absolute atomic E-state index is 14.3. The molecule has 114 valence electrons. The number of hydrogen-bond donors (Lipinski definition) is 0. The van der Waals surface area contributed by atoms with E-state index in [9.17, 15) is 4.39 Å². The van der Waals surface area contributed by atoms with Gasteiger partial charge in [0.25, 0.3) is 0 Å². The number of ether oxygens (including phenoxy) is 1. The van der Waals surface area contributed by atoms with Gasteiger partial charge >= 0.3 is 0 Å². The van der Waals surface area contributed by atoms with Gasteiger partial charge in [0.2, 0.25) is 0 Å². The molecule has 2 aliphatic rings. The zero-order valence-electron chi connectivity index (χ0n) is 12.0. The number of nitrogens with zero attached hydrogens (tertiary/aromatic N) is 3. The Hall–Kier alpha value is -1.01. The van der Waals surface area contributed by atoms with Crippen LogP contribution in [-0.2, 0) is 4.74 Å². The predicted octanol–water partition coefficient (Wildman–Crippen LogP) is 3.00. The third-order valence-electron chi connectivity index (χ3n) is 4.28. The number of pyridine rings is 1. The molecule has 21 heavy (non-hydrogen) atoms. The van der Waals surface area contributed by atoms with E-state index in [2.05, 4.69) is 26.0 Å². The van der Waals surface area contributed by atoms with E-state index in [-0.39, 0.29) is 22.7 Å². The SMILES string of the molecule is CN1CC(C(c2ncccc2F)C2CCOC(Br)C2)C=N1. The lowest BCUT2D eigenvalue weighted by atomic mass is 9.76. The van der Waals surface area contributed by atoms with Crippen LogP contribution in [0.4, 0.5) is 4.39 Å². The van der Waals surface area contributed by atoms with E-state index >= 15 is 0 Å². The zero-order chi connectivity index (χ0) is 14.8. The molecule has 0 spiro atoms. The Morgan fingerprint density at radius 1 is 1.52 bits per heavy atom. The molecule has 0 radical (unpaired) electrons. The number of hydrazone groups is 1. The number of hydrogen-bond acceptors (Lipinski definition) is 4. The van der Waals surface area contributed by atoms with Gasteiger partial charge in [0.05, 0.1) is 5.69 Å². The Labute approximate surface area is 132 Å². The highest BCUT2D eigenvalue weighted by Crippen LogP contribution is 2.41. The van der Waals surface area contributed by atoms with Crippen molar-refractivity contribution in [3.63, 3.8) is 0 Å². The molecule has 0 bridgehead atoms. The van der Waals surface area contributed by atoms with E-state index in [1.165, 1.54) is 6.07 Å². The van der Waals surface area contributed by atoms with Crippen LogP contribution in [0.3, 0.4) is 0 Å². The molecule has 6 heteroatoms. The molecule has 0 amide bonds. The lowest BCUT2D eigenvalue weighted by Gasteiger charge is -2.35. The molecule has 1 saturated heterocycles. The molecule has 0 aliphatic carbocycles. The molecular weight excluding hydrogens is 337 g/mol. The van der Waals surface area contributed by atoms with Crippen molar-refractivity contribution in [2.75, 3.05) is 20.2 Å². The van der Waals surface area contributed by atoms with Crippen LogP contribution in [-0.4, -0.2) is 41.4 Å². The smallest absolute Gasteiger partial charge is 0.145 e. The molecule has 4 nitrogen and oxygen atoms in total. The van der Waals surface area contributed by atoms with E-state index in [0.29, 0.717) is 18.2 Å². The van der Waals surface area contributed by atoms with Gasteiger partial charge in [0.15, 0.2) is 0 Å². The van der Waals surface area contributed by atoms with Gasteiger partial charge in [-0.05, 0) is 30.9 Å². The maximum atomic E-state index is 14.3. The molecule has 2 aliphatic heterocycles. The Balaban J connectivity index is 1.91. The first-order valence-electron chi connectivity index (χ1n) is 7.26. The van der Waals surface area contributed by atoms with E-state index in [0.717, 1.165) is 19.4 Å². The number of rotatable bonds is 3. The third-order valence-corrected chi connectivity index (χ3v) is 4.92. The summed E-state index contributed by atoms with van der Waals surface area (Å²) in [6, 6.07) is 3.14. The van der Waals surface area contributed by atoms with Crippen molar-refractivity contribution in [3.05, 3.63) is 29.8 Å². The van der Waals surface area contributed by atoms with E-state index in [1.54, 1.807) is 12.3 Å². The van der Waals surface area contributed by atoms with Crippen molar-refractivity contribution in [1.82, 2.24) is 9.99 Å². The van der Waals surface area contributed by atoms with E-state index < -0.39 is 0 Å². The topological polar surface area (TPSA) is 37.7 Å². The highest BCUT2D eigenvalue weighted by molar-refractivity contribution is 9.09. The summed E-state index contributed by atoms with van der Waals surface area (Å²) in [6.45, 7) is 1.51. The minimum absolute atomic E-state index is 0.0431. The lowest BCUT2D eigenvalue weighted by molar-refractivity contribution is 0.0352. The normalized spacial score (nSPS) is 30.6. The van der Waals surface area contributed by atoms with E-state index in [1.807, 2.05) is 18.3 Å². The van der Waals surface area contributed by atoms with Crippen LogP contribution in [0, 0.1) is 17.7 Å². The van der Waals surface area contributed by atoms with Crippen LogP contribution in [0.2, 0.25) is 0 Å². The van der Waals surface area contributed by atoms with Gasteiger partial charge in [-0.15, -0.1) is 0 Å². The largest absolute Gasteiger partial charge is 0.367 e. The summed E-state index contributed by atoms with van der Waals surface area (Å²) >= 11 is 3.53. The second kappa shape index (κ2) is 6.40. The summed E-state index contributed by atoms with van der Waals surface area (Å²) in [5.41, 5.74) is 0.566. The highest BCUT2D eigenvalue weighted by atomic mass is 79.9. The highest BCUT2D eigenvalue weighted by Gasteiger charge is 2.37. The molecule has 1 aromatic rings. The fourth-order valence-electron chi connectivity index (χ4n) is 3.32. The molecule has 0 saturated carbocycles. The van der Waals surface area contributed by atoms with Crippen LogP contribution in [0.5, 0.6) is 0 Å². The molecule has 1 fully saturated rings. The first-order chi connectivity index (χ1) is 10.1. The molecule has 4 atom stereocenters. The van der Waals surface area contributed by atoms with Crippen molar-refractivity contribution in [2.45, 2.75) is 23.8 Å². The van der Waals surface area contributed by atoms with E-state index in [4.69, 9.17) is 4.74 Å². The quantitative estimate of drug-likeness (QED) is 0.782. The van der Waals surface area contributed by atoms with Crippen LogP contribution in [0.25, 0.3) is 0 Å². The first kappa shape index (κ1) is 14.9. The second-order valence-electron chi connectivity index (χ2n) is 5.73.